The van der Waals surface area contributed by atoms with Gasteiger partial charge in [0.15, 0.2) is 0 Å². The van der Waals surface area contributed by atoms with Crippen molar-refractivity contribution in [2.45, 2.75) is 71.9 Å². The van der Waals surface area contributed by atoms with Gasteiger partial charge in [-0.05, 0) is 38.5 Å². The van der Waals surface area contributed by atoms with Crippen molar-refractivity contribution in [3.8, 4) is 0 Å². The Balaban J connectivity index is 2.59. The van der Waals surface area contributed by atoms with Crippen LogP contribution in [-0.2, 0) is 4.79 Å². The predicted molar refractivity (Wildman–Crippen MR) is 78.7 cm³/mol. The van der Waals surface area contributed by atoms with Crippen LogP contribution in [0.2, 0.25) is 0 Å². The molecule has 0 spiro atoms. The van der Waals surface area contributed by atoms with E-state index >= 15 is 0 Å². The highest BCUT2D eigenvalue weighted by molar-refractivity contribution is 5.76. The number of aliphatic carboxylic acids is 1. The van der Waals surface area contributed by atoms with Crippen molar-refractivity contribution in [1.82, 2.24) is 10.2 Å². The van der Waals surface area contributed by atoms with Gasteiger partial charge in [-0.15, -0.1) is 0 Å². The lowest BCUT2D eigenvalue weighted by molar-refractivity contribution is -0.137. The molecule has 0 heterocycles. The number of nitrogens with one attached hydrogen (secondary N) is 1. The molecule has 20 heavy (non-hydrogen) atoms. The summed E-state index contributed by atoms with van der Waals surface area (Å²) in [5, 5.41) is 11.8. The summed E-state index contributed by atoms with van der Waals surface area (Å²) in [5.41, 5.74) is -0.173. The number of nitrogens with zero attached hydrogens (tertiary/aromatic N) is 1. The molecule has 1 aliphatic carbocycles. The number of carboxylic acid groups (broad SMARTS) is 1. The number of carbonyl (C=O) groups is 2. The first-order valence-corrected chi connectivity index (χ1v) is 7.31. The van der Waals surface area contributed by atoms with Gasteiger partial charge in [0, 0.05) is 18.1 Å². The predicted octanol–water partition coefficient (Wildman–Crippen LogP) is 2.85. The molecule has 0 bridgehead atoms. The molecular weight excluding hydrogens is 256 g/mol. The maximum Gasteiger partial charge on any atom is 0.318 e. The molecule has 1 aliphatic rings. The van der Waals surface area contributed by atoms with Crippen molar-refractivity contribution >= 4 is 12.0 Å². The summed E-state index contributed by atoms with van der Waals surface area (Å²) in [5.74, 6) is -0.864. The maximum atomic E-state index is 12.4. The third kappa shape index (κ3) is 6.26. The Hall–Kier alpha value is -1.26. The Labute approximate surface area is 121 Å². The van der Waals surface area contributed by atoms with Gasteiger partial charge in [0.05, 0.1) is 6.42 Å². The summed E-state index contributed by atoms with van der Waals surface area (Å²) in [6, 6.07) is 0.0859. The molecule has 2 amide bonds. The van der Waals surface area contributed by atoms with Gasteiger partial charge in [-0.2, -0.15) is 0 Å². The van der Waals surface area contributed by atoms with Crippen LogP contribution in [0, 0.1) is 5.41 Å². The van der Waals surface area contributed by atoms with E-state index in [1.54, 1.807) is 4.90 Å². The second kappa shape index (κ2) is 6.02. The second-order valence-corrected chi connectivity index (χ2v) is 7.62. The Morgan fingerprint density at radius 1 is 1.20 bits per heavy atom. The van der Waals surface area contributed by atoms with Crippen molar-refractivity contribution in [1.29, 1.82) is 0 Å². The van der Waals surface area contributed by atoms with E-state index in [1.165, 1.54) is 0 Å². The first-order valence-electron chi connectivity index (χ1n) is 7.31. The molecule has 0 saturated heterocycles. The third-order valence-corrected chi connectivity index (χ3v) is 3.23. The summed E-state index contributed by atoms with van der Waals surface area (Å²) < 4.78 is 0. The van der Waals surface area contributed by atoms with E-state index in [0.29, 0.717) is 0 Å². The summed E-state index contributed by atoms with van der Waals surface area (Å²) >= 11 is 0. The molecule has 1 rings (SSSR count). The third-order valence-electron chi connectivity index (χ3n) is 3.23. The minimum atomic E-state index is -0.864. The number of hydrogen-bond donors (Lipinski definition) is 2. The Bertz CT molecular complexity index is 368. The van der Waals surface area contributed by atoms with Crippen LogP contribution >= 0.6 is 0 Å². The molecule has 1 saturated carbocycles. The van der Waals surface area contributed by atoms with Crippen molar-refractivity contribution in [2.75, 3.05) is 6.54 Å². The van der Waals surface area contributed by atoms with E-state index in [0.717, 1.165) is 19.3 Å². The van der Waals surface area contributed by atoms with Crippen molar-refractivity contribution < 1.29 is 14.7 Å². The fourth-order valence-electron chi connectivity index (χ4n) is 2.78. The molecule has 0 aromatic rings. The lowest BCUT2D eigenvalue weighted by Gasteiger charge is -2.35. The van der Waals surface area contributed by atoms with E-state index in [-0.39, 0.29) is 36.0 Å². The smallest absolute Gasteiger partial charge is 0.318 e. The molecule has 0 aliphatic heterocycles. The van der Waals surface area contributed by atoms with Gasteiger partial charge < -0.3 is 15.3 Å². The Kier molecular flexibility index (Phi) is 5.05. The van der Waals surface area contributed by atoms with E-state index in [2.05, 4.69) is 26.1 Å². The molecule has 0 unspecified atom stereocenters. The molecule has 0 atom stereocenters. The normalized spacial score (nSPS) is 15.8. The minimum Gasteiger partial charge on any atom is -0.481 e. The Morgan fingerprint density at radius 3 is 2.15 bits per heavy atom. The van der Waals surface area contributed by atoms with Crippen molar-refractivity contribution in [2.24, 2.45) is 5.41 Å². The molecule has 5 nitrogen and oxygen atoms in total. The van der Waals surface area contributed by atoms with Gasteiger partial charge in [0.1, 0.15) is 0 Å². The van der Waals surface area contributed by atoms with Crippen LogP contribution in [0.25, 0.3) is 0 Å². The molecule has 1 fully saturated rings. The van der Waals surface area contributed by atoms with Crippen molar-refractivity contribution in [3.63, 3.8) is 0 Å². The first kappa shape index (κ1) is 16.8. The Morgan fingerprint density at radius 2 is 1.75 bits per heavy atom. The second-order valence-electron chi connectivity index (χ2n) is 7.62. The van der Waals surface area contributed by atoms with Crippen LogP contribution in [0.1, 0.15) is 60.3 Å². The molecule has 2 N–H and O–H groups in total. The zero-order valence-electron chi connectivity index (χ0n) is 13.3. The van der Waals surface area contributed by atoms with Gasteiger partial charge >= 0.3 is 12.0 Å². The van der Waals surface area contributed by atoms with E-state index in [1.807, 2.05) is 13.8 Å². The van der Waals surface area contributed by atoms with E-state index in [4.69, 9.17) is 5.11 Å². The molecule has 5 heteroatoms. The van der Waals surface area contributed by atoms with E-state index in [9.17, 15) is 9.59 Å². The standard InChI is InChI=1S/C15H28N2O3/c1-14(2,3)10-15(4,5)16-13(20)17(11-6-7-11)9-8-12(18)19/h11H,6-10H2,1-5H3,(H,16,20)(H,18,19). The number of rotatable bonds is 6. The average Bonchev–Trinajstić information content (AvgIpc) is 2.95. The number of carbonyl (C=O) groups excluding carboxylic acids is 1. The number of hydrogen-bond acceptors (Lipinski definition) is 2. The first-order chi connectivity index (χ1) is 9.00. The summed E-state index contributed by atoms with van der Waals surface area (Å²) in [6.45, 7) is 10.7. The van der Waals surface area contributed by atoms with Gasteiger partial charge in [-0.1, -0.05) is 20.8 Å². The molecule has 0 aromatic carbocycles. The summed E-state index contributed by atoms with van der Waals surface area (Å²) in [7, 11) is 0. The van der Waals surface area contributed by atoms with Crippen LogP contribution in [-0.4, -0.2) is 40.1 Å². The lowest BCUT2D eigenvalue weighted by Crippen LogP contribution is -2.52. The van der Waals surface area contributed by atoms with Crippen LogP contribution in [0.5, 0.6) is 0 Å². The quantitative estimate of drug-likeness (QED) is 0.788. The zero-order valence-corrected chi connectivity index (χ0v) is 13.3. The van der Waals surface area contributed by atoms with Crippen LogP contribution in [0.3, 0.4) is 0 Å². The molecule has 116 valence electrons. The van der Waals surface area contributed by atoms with Gasteiger partial charge in [0.2, 0.25) is 0 Å². The SMILES string of the molecule is CC(C)(C)CC(C)(C)NC(=O)N(CCC(=O)O)C1CC1. The summed E-state index contributed by atoms with van der Waals surface area (Å²) in [6.07, 6.45) is 2.83. The average molecular weight is 284 g/mol. The number of amides is 2. The number of urea groups is 1. The van der Waals surface area contributed by atoms with Gasteiger partial charge in [0.25, 0.3) is 0 Å². The highest BCUT2D eigenvalue weighted by Crippen LogP contribution is 2.29. The zero-order chi connectivity index (χ0) is 15.6. The largest absolute Gasteiger partial charge is 0.481 e. The fraction of sp³-hybridized carbons (Fsp3) is 0.867. The maximum absolute atomic E-state index is 12.4. The van der Waals surface area contributed by atoms with Crippen molar-refractivity contribution in [3.05, 3.63) is 0 Å². The van der Waals surface area contributed by atoms with Crippen LogP contribution in [0.4, 0.5) is 4.79 Å². The highest BCUT2D eigenvalue weighted by atomic mass is 16.4. The molecular formula is C15H28N2O3. The van der Waals surface area contributed by atoms with Gasteiger partial charge in [-0.25, -0.2) is 4.79 Å². The minimum absolute atomic E-state index is 0.00359. The number of carboxylic acids is 1. The van der Waals surface area contributed by atoms with E-state index < -0.39 is 5.97 Å². The van der Waals surface area contributed by atoms with Gasteiger partial charge in [-0.3, -0.25) is 4.79 Å². The summed E-state index contributed by atoms with van der Waals surface area (Å²) in [4.78, 5) is 24.7. The fourth-order valence-corrected chi connectivity index (χ4v) is 2.78. The molecule has 0 aromatic heterocycles. The van der Waals surface area contributed by atoms with Crippen LogP contribution in [0.15, 0.2) is 0 Å². The monoisotopic (exact) mass is 284 g/mol. The van der Waals surface area contributed by atoms with Crippen LogP contribution < -0.4 is 5.32 Å². The lowest BCUT2D eigenvalue weighted by atomic mass is 9.82. The topological polar surface area (TPSA) is 69.6 Å². The molecule has 0 radical (unpaired) electrons. The highest BCUT2D eigenvalue weighted by Gasteiger charge is 2.35.